The van der Waals surface area contributed by atoms with Crippen molar-refractivity contribution in [2.45, 2.75) is 0 Å². The van der Waals surface area contributed by atoms with E-state index in [1.807, 2.05) is 0 Å². The van der Waals surface area contributed by atoms with Crippen LogP contribution in [0.25, 0.3) is 0 Å². The lowest BCUT2D eigenvalue weighted by molar-refractivity contribution is 0.0600. The van der Waals surface area contributed by atoms with Gasteiger partial charge in [-0.1, -0.05) is 6.07 Å². The topological polar surface area (TPSA) is 61.5 Å². The second-order valence-electron chi connectivity index (χ2n) is 3.69. The van der Waals surface area contributed by atoms with E-state index in [0.29, 0.717) is 22.7 Å². The van der Waals surface area contributed by atoms with Gasteiger partial charge in [0.25, 0.3) is 0 Å². The number of nitrogen functional groups attached to an aromatic ring is 1. The fraction of sp³-hybridized carbons (Fsp3) is 0.0714. The molecule has 0 saturated carbocycles. The van der Waals surface area contributed by atoms with Crippen LogP contribution >= 0.6 is 0 Å². The fourth-order valence-corrected chi connectivity index (χ4v) is 1.48. The van der Waals surface area contributed by atoms with Crippen LogP contribution in [0.5, 0.6) is 11.5 Å². The zero-order valence-corrected chi connectivity index (χ0v) is 9.92. The van der Waals surface area contributed by atoms with Crippen LogP contribution in [-0.2, 0) is 4.74 Å². The SMILES string of the molecule is COC(=O)c1cccc(Oc2ccc(N)cc2)c1. The molecule has 0 spiro atoms. The van der Waals surface area contributed by atoms with Crippen LogP contribution in [0.15, 0.2) is 48.5 Å². The molecule has 0 aromatic heterocycles. The van der Waals surface area contributed by atoms with Crippen molar-refractivity contribution in [1.29, 1.82) is 0 Å². The molecule has 0 aliphatic rings. The predicted molar refractivity (Wildman–Crippen MR) is 68.7 cm³/mol. The molecule has 0 bridgehead atoms. The summed E-state index contributed by atoms with van der Waals surface area (Å²) in [6.45, 7) is 0. The van der Waals surface area contributed by atoms with Gasteiger partial charge in [-0.05, 0) is 42.5 Å². The Morgan fingerprint density at radius 3 is 2.44 bits per heavy atom. The minimum Gasteiger partial charge on any atom is -0.465 e. The first-order valence-corrected chi connectivity index (χ1v) is 5.41. The summed E-state index contributed by atoms with van der Waals surface area (Å²) in [5.41, 5.74) is 6.71. The van der Waals surface area contributed by atoms with Crippen LogP contribution in [0.3, 0.4) is 0 Å². The molecule has 2 rings (SSSR count). The Morgan fingerprint density at radius 1 is 1.06 bits per heavy atom. The number of carbonyl (C=O) groups excluding carboxylic acids is 1. The van der Waals surface area contributed by atoms with Gasteiger partial charge in [0.15, 0.2) is 0 Å². The number of nitrogens with two attached hydrogens (primary N) is 1. The van der Waals surface area contributed by atoms with Gasteiger partial charge in [0.05, 0.1) is 12.7 Å². The van der Waals surface area contributed by atoms with Gasteiger partial charge in [-0.25, -0.2) is 4.79 Å². The number of rotatable bonds is 3. The van der Waals surface area contributed by atoms with Crippen LogP contribution in [0.1, 0.15) is 10.4 Å². The molecule has 0 saturated heterocycles. The van der Waals surface area contributed by atoms with E-state index in [-0.39, 0.29) is 0 Å². The van der Waals surface area contributed by atoms with Gasteiger partial charge in [-0.3, -0.25) is 0 Å². The van der Waals surface area contributed by atoms with Gasteiger partial charge in [0.2, 0.25) is 0 Å². The normalized spacial score (nSPS) is 9.83. The highest BCUT2D eigenvalue weighted by Gasteiger charge is 2.06. The molecule has 4 nitrogen and oxygen atoms in total. The molecular weight excluding hydrogens is 230 g/mol. The van der Waals surface area contributed by atoms with Crippen molar-refractivity contribution in [1.82, 2.24) is 0 Å². The highest BCUT2D eigenvalue weighted by Crippen LogP contribution is 2.23. The van der Waals surface area contributed by atoms with E-state index >= 15 is 0 Å². The van der Waals surface area contributed by atoms with Crippen LogP contribution in [-0.4, -0.2) is 13.1 Å². The number of esters is 1. The molecule has 0 heterocycles. The third kappa shape index (κ3) is 2.79. The molecule has 0 atom stereocenters. The maximum Gasteiger partial charge on any atom is 0.337 e. The van der Waals surface area contributed by atoms with Crippen molar-refractivity contribution in [2.75, 3.05) is 12.8 Å². The molecule has 0 unspecified atom stereocenters. The Balaban J connectivity index is 2.19. The smallest absolute Gasteiger partial charge is 0.337 e. The molecule has 0 aliphatic carbocycles. The van der Waals surface area contributed by atoms with Gasteiger partial charge >= 0.3 is 5.97 Å². The summed E-state index contributed by atoms with van der Waals surface area (Å²) in [5.74, 6) is 0.839. The van der Waals surface area contributed by atoms with Crippen molar-refractivity contribution in [3.8, 4) is 11.5 Å². The molecule has 0 fully saturated rings. The van der Waals surface area contributed by atoms with Gasteiger partial charge in [-0.2, -0.15) is 0 Å². The van der Waals surface area contributed by atoms with Crippen LogP contribution in [0.4, 0.5) is 5.69 Å². The Labute approximate surface area is 105 Å². The number of carbonyl (C=O) groups is 1. The van der Waals surface area contributed by atoms with E-state index in [0.717, 1.165) is 0 Å². The largest absolute Gasteiger partial charge is 0.465 e. The fourth-order valence-electron chi connectivity index (χ4n) is 1.48. The first-order chi connectivity index (χ1) is 8.69. The second kappa shape index (κ2) is 5.23. The lowest BCUT2D eigenvalue weighted by Crippen LogP contribution is -2.00. The van der Waals surface area contributed by atoms with E-state index < -0.39 is 5.97 Å². The lowest BCUT2D eigenvalue weighted by atomic mass is 10.2. The maximum absolute atomic E-state index is 11.4. The third-order valence-corrected chi connectivity index (χ3v) is 2.37. The summed E-state index contributed by atoms with van der Waals surface area (Å²) >= 11 is 0. The van der Waals surface area contributed by atoms with Crippen molar-refractivity contribution in [3.63, 3.8) is 0 Å². The third-order valence-electron chi connectivity index (χ3n) is 2.37. The summed E-state index contributed by atoms with van der Waals surface area (Å²) in [4.78, 5) is 11.4. The van der Waals surface area contributed by atoms with Gasteiger partial charge in [-0.15, -0.1) is 0 Å². The number of benzene rings is 2. The van der Waals surface area contributed by atoms with E-state index in [1.54, 1.807) is 48.5 Å². The minimum absolute atomic E-state index is 0.391. The first-order valence-electron chi connectivity index (χ1n) is 5.41. The highest BCUT2D eigenvalue weighted by atomic mass is 16.5. The molecule has 4 heteroatoms. The highest BCUT2D eigenvalue weighted by molar-refractivity contribution is 5.89. The number of ether oxygens (including phenoxy) is 2. The lowest BCUT2D eigenvalue weighted by Gasteiger charge is -2.07. The molecule has 2 N–H and O–H groups in total. The number of hydrogen-bond donors (Lipinski definition) is 1. The second-order valence-corrected chi connectivity index (χ2v) is 3.69. The maximum atomic E-state index is 11.4. The Morgan fingerprint density at radius 2 is 1.78 bits per heavy atom. The van der Waals surface area contributed by atoms with E-state index in [9.17, 15) is 4.79 Å². The molecule has 18 heavy (non-hydrogen) atoms. The van der Waals surface area contributed by atoms with Crippen LogP contribution < -0.4 is 10.5 Å². The number of methoxy groups -OCH3 is 1. The summed E-state index contributed by atoms with van der Waals surface area (Å²) in [5, 5.41) is 0. The summed E-state index contributed by atoms with van der Waals surface area (Å²) < 4.78 is 10.3. The Bertz CT molecular complexity index is 549. The Kier molecular flexibility index (Phi) is 3.48. The Hall–Kier alpha value is -2.49. The molecular formula is C14H13NO3. The zero-order valence-electron chi connectivity index (χ0n) is 9.92. The van der Waals surface area contributed by atoms with Gasteiger partial charge in [0.1, 0.15) is 11.5 Å². The predicted octanol–water partition coefficient (Wildman–Crippen LogP) is 2.85. The van der Waals surface area contributed by atoms with E-state index in [1.165, 1.54) is 7.11 Å². The average molecular weight is 243 g/mol. The van der Waals surface area contributed by atoms with Crippen LogP contribution in [0.2, 0.25) is 0 Å². The molecule has 2 aromatic rings. The van der Waals surface area contributed by atoms with E-state index in [2.05, 4.69) is 4.74 Å². The number of hydrogen-bond acceptors (Lipinski definition) is 4. The van der Waals surface area contributed by atoms with Gasteiger partial charge in [0, 0.05) is 5.69 Å². The molecule has 0 aliphatic heterocycles. The van der Waals surface area contributed by atoms with Crippen molar-refractivity contribution in [3.05, 3.63) is 54.1 Å². The van der Waals surface area contributed by atoms with Crippen molar-refractivity contribution in [2.24, 2.45) is 0 Å². The standard InChI is InChI=1S/C14H13NO3/c1-17-14(16)10-3-2-4-13(9-10)18-12-7-5-11(15)6-8-12/h2-9H,15H2,1H3. The summed E-state index contributed by atoms with van der Waals surface area (Å²) in [7, 11) is 1.34. The minimum atomic E-state index is -0.391. The van der Waals surface area contributed by atoms with Crippen molar-refractivity contribution < 1.29 is 14.3 Å². The molecule has 2 aromatic carbocycles. The molecule has 0 amide bonds. The average Bonchev–Trinajstić information content (AvgIpc) is 2.41. The van der Waals surface area contributed by atoms with E-state index in [4.69, 9.17) is 10.5 Å². The summed E-state index contributed by atoms with van der Waals surface area (Å²) in [6.07, 6.45) is 0. The summed E-state index contributed by atoms with van der Waals surface area (Å²) in [6, 6.07) is 13.8. The quantitative estimate of drug-likeness (QED) is 0.665. The molecule has 92 valence electrons. The number of anilines is 1. The van der Waals surface area contributed by atoms with Crippen LogP contribution in [0, 0.1) is 0 Å². The van der Waals surface area contributed by atoms with Crippen molar-refractivity contribution >= 4 is 11.7 Å². The zero-order chi connectivity index (χ0) is 13.0. The van der Waals surface area contributed by atoms with Gasteiger partial charge < -0.3 is 15.2 Å². The monoisotopic (exact) mass is 243 g/mol. The first kappa shape index (κ1) is 12.0. The molecule has 0 radical (unpaired) electrons.